The summed E-state index contributed by atoms with van der Waals surface area (Å²) in [7, 11) is 0. The second-order valence-electron chi connectivity index (χ2n) is 4.81. The molecule has 0 amide bonds. The van der Waals surface area contributed by atoms with E-state index in [0.717, 1.165) is 32.0 Å². The number of rotatable bonds is 2. The van der Waals surface area contributed by atoms with E-state index in [1.807, 2.05) is 0 Å². The molecule has 2 nitrogen and oxygen atoms in total. The number of anilines is 1. The molecule has 0 aliphatic carbocycles. The number of hydrogen-bond acceptors (Lipinski definition) is 2. The Labute approximate surface area is 104 Å². The van der Waals surface area contributed by atoms with Gasteiger partial charge >= 0.3 is 6.18 Å². The van der Waals surface area contributed by atoms with Crippen LogP contribution in [-0.2, 0) is 12.6 Å². The van der Waals surface area contributed by atoms with Crippen LogP contribution >= 0.6 is 0 Å². The van der Waals surface area contributed by atoms with Gasteiger partial charge in [0.15, 0.2) is 0 Å². The molecule has 0 saturated carbocycles. The molecule has 18 heavy (non-hydrogen) atoms. The minimum absolute atomic E-state index is 0.428. The Balaban J connectivity index is 2.15. The summed E-state index contributed by atoms with van der Waals surface area (Å²) >= 11 is 0. The Kier molecular flexibility index (Phi) is 3.80. The number of nitrogens with two attached hydrogens (primary N) is 1. The molecule has 0 bridgehead atoms. The Morgan fingerprint density at radius 2 is 1.89 bits per heavy atom. The molecule has 2 rings (SSSR count). The number of benzene rings is 1. The molecule has 5 heteroatoms. The molecule has 1 aromatic carbocycles. The second kappa shape index (κ2) is 5.18. The first-order valence-corrected chi connectivity index (χ1v) is 6.13. The number of halogens is 3. The smallest absolute Gasteiger partial charge is 0.399 e. The molecule has 1 aliphatic heterocycles. The van der Waals surface area contributed by atoms with Gasteiger partial charge in [0.05, 0.1) is 5.56 Å². The fraction of sp³-hybridized carbons (Fsp3) is 0.538. The average Bonchev–Trinajstić information content (AvgIpc) is 2.32. The number of nitrogens with one attached hydrogen (secondary N) is 1. The third kappa shape index (κ3) is 3.16. The third-order valence-electron chi connectivity index (χ3n) is 3.44. The first-order chi connectivity index (χ1) is 8.47. The van der Waals surface area contributed by atoms with Gasteiger partial charge in [-0.25, -0.2) is 0 Å². The van der Waals surface area contributed by atoms with Crippen molar-refractivity contribution in [3.63, 3.8) is 0 Å². The zero-order chi connectivity index (χ0) is 13.2. The molecular weight excluding hydrogens is 241 g/mol. The van der Waals surface area contributed by atoms with E-state index < -0.39 is 11.7 Å². The molecule has 0 spiro atoms. The maximum Gasteiger partial charge on any atom is 0.416 e. The lowest BCUT2D eigenvalue weighted by Crippen LogP contribution is -2.28. The van der Waals surface area contributed by atoms with Crippen molar-refractivity contribution >= 4 is 5.69 Å². The van der Waals surface area contributed by atoms with Crippen molar-refractivity contribution in [2.45, 2.75) is 25.4 Å². The molecule has 3 N–H and O–H groups in total. The summed E-state index contributed by atoms with van der Waals surface area (Å²) < 4.78 is 37.9. The van der Waals surface area contributed by atoms with Crippen molar-refractivity contribution in [2.24, 2.45) is 5.92 Å². The van der Waals surface area contributed by atoms with Crippen molar-refractivity contribution in [3.8, 4) is 0 Å². The van der Waals surface area contributed by atoms with E-state index in [-0.39, 0.29) is 0 Å². The fourth-order valence-electron chi connectivity index (χ4n) is 2.36. The fourth-order valence-corrected chi connectivity index (χ4v) is 2.36. The van der Waals surface area contributed by atoms with Crippen LogP contribution in [0.2, 0.25) is 0 Å². The highest BCUT2D eigenvalue weighted by molar-refractivity contribution is 5.49. The van der Waals surface area contributed by atoms with Gasteiger partial charge in [-0.05, 0) is 62.0 Å². The monoisotopic (exact) mass is 258 g/mol. The predicted octanol–water partition coefficient (Wildman–Crippen LogP) is 2.83. The van der Waals surface area contributed by atoms with Gasteiger partial charge in [0.2, 0.25) is 0 Å². The maximum absolute atomic E-state index is 12.6. The molecule has 0 radical (unpaired) electrons. The normalized spacial score (nSPS) is 17.9. The predicted molar refractivity (Wildman–Crippen MR) is 65.2 cm³/mol. The van der Waals surface area contributed by atoms with E-state index in [9.17, 15) is 13.2 Å². The van der Waals surface area contributed by atoms with Crippen molar-refractivity contribution < 1.29 is 13.2 Å². The lowest BCUT2D eigenvalue weighted by atomic mass is 9.90. The topological polar surface area (TPSA) is 38.0 Å². The van der Waals surface area contributed by atoms with Crippen LogP contribution in [0.5, 0.6) is 0 Å². The SMILES string of the molecule is Nc1ccc(C(F)(F)F)cc1CC1CCNCC1. The van der Waals surface area contributed by atoms with Crippen molar-refractivity contribution in [1.82, 2.24) is 5.32 Å². The third-order valence-corrected chi connectivity index (χ3v) is 3.44. The van der Waals surface area contributed by atoms with Gasteiger partial charge in [-0.3, -0.25) is 0 Å². The standard InChI is InChI=1S/C13H17F3N2/c14-13(15,16)11-1-2-12(17)10(8-11)7-9-3-5-18-6-4-9/h1-2,8-9,18H,3-7,17H2. The molecule has 1 heterocycles. The summed E-state index contributed by atoms with van der Waals surface area (Å²) in [4.78, 5) is 0. The van der Waals surface area contributed by atoms with Gasteiger partial charge in [0.25, 0.3) is 0 Å². The highest BCUT2D eigenvalue weighted by Crippen LogP contribution is 2.32. The van der Waals surface area contributed by atoms with Crippen LogP contribution in [0.25, 0.3) is 0 Å². The Morgan fingerprint density at radius 1 is 1.22 bits per heavy atom. The van der Waals surface area contributed by atoms with Gasteiger partial charge in [0, 0.05) is 5.69 Å². The molecule has 1 aliphatic rings. The summed E-state index contributed by atoms with van der Waals surface area (Å²) in [6.45, 7) is 1.87. The zero-order valence-corrected chi connectivity index (χ0v) is 10.1. The largest absolute Gasteiger partial charge is 0.416 e. The summed E-state index contributed by atoms with van der Waals surface area (Å²) in [5, 5.41) is 3.24. The van der Waals surface area contributed by atoms with E-state index in [2.05, 4.69) is 5.32 Å². The maximum atomic E-state index is 12.6. The summed E-state index contributed by atoms with van der Waals surface area (Å²) in [6, 6.07) is 3.60. The van der Waals surface area contributed by atoms with Gasteiger partial charge in [-0.2, -0.15) is 13.2 Å². The van der Waals surface area contributed by atoms with Gasteiger partial charge in [-0.1, -0.05) is 0 Å². The van der Waals surface area contributed by atoms with Crippen LogP contribution < -0.4 is 11.1 Å². The molecular formula is C13H17F3N2. The lowest BCUT2D eigenvalue weighted by molar-refractivity contribution is -0.137. The molecule has 0 unspecified atom stereocenters. The Hall–Kier alpha value is -1.23. The average molecular weight is 258 g/mol. The van der Waals surface area contributed by atoms with E-state index in [0.29, 0.717) is 23.6 Å². The minimum atomic E-state index is -4.30. The molecule has 1 fully saturated rings. The summed E-state index contributed by atoms with van der Waals surface area (Å²) in [5.74, 6) is 0.428. The molecule has 100 valence electrons. The second-order valence-corrected chi connectivity index (χ2v) is 4.81. The molecule has 0 aromatic heterocycles. The number of alkyl halides is 3. The molecule has 1 aromatic rings. The van der Waals surface area contributed by atoms with Crippen LogP contribution in [-0.4, -0.2) is 13.1 Å². The van der Waals surface area contributed by atoms with E-state index in [1.165, 1.54) is 12.1 Å². The van der Waals surface area contributed by atoms with Crippen LogP contribution in [0.15, 0.2) is 18.2 Å². The quantitative estimate of drug-likeness (QED) is 0.800. The first kappa shape index (κ1) is 13.2. The summed E-state index contributed by atoms with van der Waals surface area (Å²) in [5.41, 5.74) is 6.24. The van der Waals surface area contributed by atoms with Gasteiger partial charge in [-0.15, -0.1) is 0 Å². The zero-order valence-electron chi connectivity index (χ0n) is 10.1. The van der Waals surface area contributed by atoms with E-state index >= 15 is 0 Å². The van der Waals surface area contributed by atoms with E-state index in [4.69, 9.17) is 5.73 Å². The summed E-state index contributed by atoms with van der Waals surface area (Å²) in [6.07, 6.45) is -1.67. The van der Waals surface area contributed by atoms with Crippen molar-refractivity contribution in [2.75, 3.05) is 18.8 Å². The van der Waals surface area contributed by atoms with Crippen molar-refractivity contribution in [3.05, 3.63) is 29.3 Å². The van der Waals surface area contributed by atoms with Crippen molar-refractivity contribution in [1.29, 1.82) is 0 Å². The van der Waals surface area contributed by atoms with Crippen LogP contribution in [0.3, 0.4) is 0 Å². The number of nitrogen functional groups attached to an aromatic ring is 1. The molecule has 0 atom stereocenters. The number of hydrogen-bond donors (Lipinski definition) is 2. The Bertz CT molecular complexity index is 409. The highest BCUT2D eigenvalue weighted by Gasteiger charge is 2.31. The minimum Gasteiger partial charge on any atom is -0.399 e. The Morgan fingerprint density at radius 3 is 2.50 bits per heavy atom. The van der Waals surface area contributed by atoms with Gasteiger partial charge < -0.3 is 11.1 Å². The van der Waals surface area contributed by atoms with Gasteiger partial charge in [0.1, 0.15) is 0 Å². The first-order valence-electron chi connectivity index (χ1n) is 6.13. The van der Waals surface area contributed by atoms with E-state index in [1.54, 1.807) is 0 Å². The van der Waals surface area contributed by atoms with Crippen LogP contribution in [0.4, 0.5) is 18.9 Å². The molecule has 1 saturated heterocycles. The lowest BCUT2D eigenvalue weighted by Gasteiger charge is -2.23. The van der Waals surface area contributed by atoms with Crippen LogP contribution in [0.1, 0.15) is 24.0 Å². The number of piperidine rings is 1. The highest BCUT2D eigenvalue weighted by atomic mass is 19.4. The van der Waals surface area contributed by atoms with Crippen LogP contribution in [0, 0.1) is 5.92 Å².